The van der Waals surface area contributed by atoms with E-state index in [0.717, 1.165) is 25.1 Å². The third kappa shape index (κ3) is 5.81. The molecular formula is C20H27N5O. The fraction of sp³-hybridized carbons (Fsp3) is 0.450. The van der Waals surface area contributed by atoms with E-state index in [0.29, 0.717) is 18.2 Å². The van der Waals surface area contributed by atoms with Gasteiger partial charge in [0.25, 0.3) is 5.91 Å². The predicted molar refractivity (Wildman–Crippen MR) is 103 cm³/mol. The SMILES string of the molecule is O=C(NCNc1nccc(CCCN2CCCCC2)n1)c1ccccc1. The second-order valence-corrected chi connectivity index (χ2v) is 6.60. The van der Waals surface area contributed by atoms with Gasteiger partial charge in [0, 0.05) is 17.5 Å². The molecule has 3 rings (SSSR count). The van der Waals surface area contributed by atoms with Crippen molar-refractivity contribution in [3.05, 3.63) is 53.9 Å². The first-order valence-corrected chi connectivity index (χ1v) is 9.43. The van der Waals surface area contributed by atoms with Crippen molar-refractivity contribution in [2.75, 3.05) is 31.6 Å². The standard InChI is InChI=1S/C20H27N5O/c26-19(17-8-3-1-4-9-17)22-16-23-20-21-12-11-18(24-20)10-7-15-25-13-5-2-6-14-25/h1,3-4,8-9,11-12H,2,5-7,10,13-16H2,(H,22,26)(H,21,23,24). The second kappa shape index (κ2) is 9.87. The van der Waals surface area contributed by atoms with Crippen LogP contribution in [0.15, 0.2) is 42.6 Å². The van der Waals surface area contributed by atoms with Crippen molar-refractivity contribution in [3.63, 3.8) is 0 Å². The molecule has 1 fully saturated rings. The number of piperidine rings is 1. The van der Waals surface area contributed by atoms with Crippen LogP contribution in [0.1, 0.15) is 41.7 Å². The number of hydrogen-bond acceptors (Lipinski definition) is 5. The highest BCUT2D eigenvalue weighted by Gasteiger charge is 2.09. The molecule has 2 N–H and O–H groups in total. The Morgan fingerprint density at radius 2 is 1.88 bits per heavy atom. The molecule has 1 aliphatic heterocycles. The number of carbonyl (C=O) groups is 1. The number of anilines is 1. The molecule has 2 heterocycles. The van der Waals surface area contributed by atoms with E-state index in [-0.39, 0.29) is 5.91 Å². The average Bonchev–Trinajstić information content (AvgIpc) is 2.70. The number of aromatic nitrogens is 2. The Balaban J connectivity index is 1.40. The molecule has 0 radical (unpaired) electrons. The number of aryl methyl sites for hydroxylation is 1. The summed E-state index contributed by atoms with van der Waals surface area (Å²) in [5.41, 5.74) is 1.68. The number of likely N-dealkylation sites (tertiary alicyclic amines) is 1. The van der Waals surface area contributed by atoms with Gasteiger partial charge in [0.1, 0.15) is 0 Å². The van der Waals surface area contributed by atoms with Gasteiger partial charge in [0.2, 0.25) is 5.95 Å². The van der Waals surface area contributed by atoms with Gasteiger partial charge in [0.05, 0.1) is 6.67 Å². The molecule has 26 heavy (non-hydrogen) atoms. The van der Waals surface area contributed by atoms with Crippen molar-refractivity contribution in [3.8, 4) is 0 Å². The molecule has 0 spiro atoms. The van der Waals surface area contributed by atoms with Crippen LogP contribution in [0.5, 0.6) is 0 Å². The van der Waals surface area contributed by atoms with Crippen LogP contribution >= 0.6 is 0 Å². The molecule has 138 valence electrons. The molecule has 1 aromatic carbocycles. The van der Waals surface area contributed by atoms with Crippen LogP contribution in [-0.2, 0) is 6.42 Å². The number of hydrogen-bond donors (Lipinski definition) is 2. The maximum absolute atomic E-state index is 12.0. The molecule has 1 aromatic heterocycles. The first-order chi connectivity index (χ1) is 12.8. The normalized spacial score (nSPS) is 14.8. The Morgan fingerprint density at radius 1 is 1.08 bits per heavy atom. The zero-order valence-corrected chi connectivity index (χ0v) is 15.2. The minimum Gasteiger partial charge on any atom is -0.337 e. The summed E-state index contributed by atoms with van der Waals surface area (Å²) in [5, 5.41) is 5.88. The zero-order chi connectivity index (χ0) is 18.0. The van der Waals surface area contributed by atoms with Crippen LogP contribution in [-0.4, -0.2) is 47.1 Å². The van der Waals surface area contributed by atoms with Crippen molar-refractivity contribution in [2.45, 2.75) is 32.1 Å². The molecule has 6 heteroatoms. The maximum atomic E-state index is 12.0. The molecular weight excluding hydrogens is 326 g/mol. The molecule has 1 aliphatic rings. The lowest BCUT2D eigenvalue weighted by molar-refractivity contribution is 0.0956. The van der Waals surface area contributed by atoms with Gasteiger partial charge in [-0.1, -0.05) is 24.6 Å². The highest BCUT2D eigenvalue weighted by atomic mass is 16.1. The Hall–Kier alpha value is -2.47. The van der Waals surface area contributed by atoms with Gasteiger partial charge >= 0.3 is 0 Å². The largest absolute Gasteiger partial charge is 0.337 e. The number of benzene rings is 1. The number of nitrogens with zero attached hydrogens (tertiary/aromatic N) is 3. The summed E-state index contributed by atoms with van der Waals surface area (Å²) < 4.78 is 0. The smallest absolute Gasteiger partial charge is 0.252 e. The van der Waals surface area contributed by atoms with Crippen molar-refractivity contribution in [1.29, 1.82) is 0 Å². The van der Waals surface area contributed by atoms with Gasteiger partial charge in [-0.15, -0.1) is 0 Å². The Kier molecular flexibility index (Phi) is 6.96. The molecule has 0 atom stereocenters. The third-order valence-electron chi connectivity index (χ3n) is 4.60. The monoisotopic (exact) mass is 353 g/mol. The number of amides is 1. The van der Waals surface area contributed by atoms with E-state index in [1.54, 1.807) is 18.3 Å². The van der Waals surface area contributed by atoms with Gasteiger partial charge < -0.3 is 15.5 Å². The summed E-state index contributed by atoms with van der Waals surface area (Å²) in [6.45, 7) is 3.90. The molecule has 0 saturated carbocycles. The minimum atomic E-state index is -0.115. The molecule has 2 aromatic rings. The van der Waals surface area contributed by atoms with Crippen LogP contribution in [0.25, 0.3) is 0 Å². The van der Waals surface area contributed by atoms with Gasteiger partial charge in [-0.05, 0) is 63.5 Å². The van der Waals surface area contributed by atoms with Crippen molar-refractivity contribution in [1.82, 2.24) is 20.2 Å². The maximum Gasteiger partial charge on any atom is 0.252 e. The molecule has 6 nitrogen and oxygen atoms in total. The van der Waals surface area contributed by atoms with Crippen LogP contribution in [0.4, 0.5) is 5.95 Å². The molecule has 0 unspecified atom stereocenters. The molecule has 1 amide bonds. The van der Waals surface area contributed by atoms with Gasteiger partial charge in [0.15, 0.2) is 0 Å². The number of rotatable bonds is 8. The first kappa shape index (κ1) is 18.3. The Bertz CT molecular complexity index is 686. The van der Waals surface area contributed by atoms with Crippen LogP contribution < -0.4 is 10.6 Å². The summed E-state index contributed by atoms with van der Waals surface area (Å²) in [4.78, 5) is 23.3. The minimum absolute atomic E-state index is 0.115. The quantitative estimate of drug-likeness (QED) is 0.714. The fourth-order valence-corrected chi connectivity index (χ4v) is 3.18. The lowest BCUT2D eigenvalue weighted by Gasteiger charge is -2.26. The van der Waals surface area contributed by atoms with Crippen molar-refractivity contribution in [2.24, 2.45) is 0 Å². The molecule has 1 saturated heterocycles. The van der Waals surface area contributed by atoms with Gasteiger partial charge in [-0.25, -0.2) is 9.97 Å². The van der Waals surface area contributed by atoms with E-state index < -0.39 is 0 Å². The predicted octanol–water partition coefficient (Wildman–Crippen LogP) is 2.69. The lowest BCUT2D eigenvalue weighted by atomic mass is 10.1. The molecule has 0 aliphatic carbocycles. The average molecular weight is 353 g/mol. The van der Waals surface area contributed by atoms with E-state index in [2.05, 4.69) is 25.5 Å². The fourth-order valence-electron chi connectivity index (χ4n) is 3.18. The van der Waals surface area contributed by atoms with Crippen molar-refractivity contribution < 1.29 is 4.79 Å². The summed E-state index contributed by atoms with van der Waals surface area (Å²) in [7, 11) is 0. The third-order valence-corrected chi connectivity index (χ3v) is 4.60. The van der Waals surface area contributed by atoms with Crippen LogP contribution in [0.3, 0.4) is 0 Å². The summed E-state index contributed by atoms with van der Waals surface area (Å²) in [6.07, 6.45) is 7.86. The van der Waals surface area contributed by atoms with E-state index >= 15 is 0 Å². The van der Waals surface area contributed by atoms with E-state index in [1.165, 1.54) is 32.4 Å². The van der Waals surface area contributed by atoms with Gasteiger partial charge in [-0.3, -0.25) is 4.79 Å². The topological polar surface area (TPSA) is 70.2 Å². The van der Waals surface area contributed by atoms with Crippen molar-refractivity contribution >= 4 is 11.9 Å². The zero-order valence-electron chi connectivity index (χ0n) is 15.2. The highest BCUT2D eigenvalue weighted by molar-refractivity contribution is 5.94. The van der Waals surface area contributed by atoms with E-state index in [1.807, 2.05) is 24.3 Å². The summed E-state index contributed by atoms with van der Waals surface area (Å²) >= 11 is 0. The Labute approximate surface area is 155 Å². The van der Waals surface area contributed by atoms with Gasteiger partial charge in [-0.2, -0.15) is 0 Å². The lowest BCUT2D eigenvalue weighted by Crippen LogP contribution is -2.30. The van der Waals surface area contributed by atoms with Crippen LogP contribution in [0.2, 0.25) is 0 Å². The van der Waals surface area contributed by atoms with E-state index in [4.69, 9.17) is 0 Å². The molecule has 0 bridgehead atoms. The number of carbonyl (C=O) groups excluding carboxylic acids is 1. The summed E-state index contributed by atoms with van der Waals surface area (Å²) in [6, 6.07) is 11.1. The number of nitrogens with one attached hydrogen (secondary N) is 2. The summed E-state index contributed by atoms with van der Waals surface area (Å²) in [5.74, 6) is 0.435. The first-order valence-electron chi connectivity index (χ1n) is 9.43. The van der Waals surface area contributed by atoms with E-state index in [9.17, 15) is 4.79 Å². The second-order valence-electron chi connectivity index (χ2n) is 6.60. The highest BCUT2D eigenvalue weighted by Crippen LogP contribution is 2.10. The Morgan fingerprint density at radius 3 is 2.69 bits per heavy atom. The van der Waals surface area contributed by atoms with Crippen LogP contribution in [0, 0.1) is 0 Å².